The molecule has 0 aromatic heterocycles. The number of carbonyl (C=O) groups excluding carboxylic acids is 1. The minimum atomic E-state index is -4.54. The summed E-state index contributed by atoms with van der Waals surface area (Å²) in [6, 6.07) is 0. The van der Waals surface area contributed by atoms with Crippen molar-refractivity contribution in [2.45, 2.75) is 232 Å². The highest BCUT2D eigenvalue weighted by Gasteiger charge is 2.20. The van der Waals surface area contributed by atoms with Gasteiger partial charge in [-0.1, -0.05) is 222 Å². The summed E-state index contributed by atoms with van der Waals surface area (Å²) < 4.78 is 34.8. The average Bonchev–Trinajstić information content (AvgIpc) is 3.25. The van der Waals surface area contributed by atoms with Gasteiger partial charge in [0.05, 0.1) is 34.4 Å². The third-order valence-corrected chi connectivity index (χ3v) is 12.3. The van der Waals surface area contributed by atoms with Crippen LogP contribution in [0.25, 0.3) is 0 Å². The second-order valence-corrected chi connectivity index (χ2v) is 20.3. The van der Waals surface area contributed by atoms with E-state index in [4.69, 9.17) is 18.5 Å². The smallest absolute Gasteiger partial charge is 0.306 e. The maximum Gasteiger partial charge on any atom is 0.306 e. The molecule has 0 amide bonds. The minimum Gasteiger partial charge on any atom is -0.756 e. The van der Waals surface area contributed by atoms with Crippen LogP contribution in [0.3, 0.4) is 0 Å². The van der Waals surface area contributed by atoms with Crippen molar-refractivity contribution in [3.63, 3.8) is 0 Å². The Bertz CT molecular complexity index is 1210. The topological polar surface area (TPSA) is 94.1 Å². The molecule has 8 nitrogen and oxygen atoms in total. The monoisotopic (exact) mass is 920 g/mol. The van der Waals surface area contributed by atoms with E-state index in [1.807, 2.05) is 21.1 Å². The molecule has 374 valence electrons. The quantitative estimate of drug-likeness (QED) is 0.0197. The molecule has 0 aliphatic rings. The number of hydrogen-bond donors (Lipinski definition) is 0. The summed E-state index contributed by atoms with van der Waals surface area (Å²) in [7, 11) is 1.35. The number of esters is 1. The number of allylic oxidation sites excluding steroid dienone is 10. The molecule has 0 fully saturated rings. The average molecular weight is 920 g/mol. The SMILES string of the molecule is CC/C=C\C/C=C\C/C=C\C/C=C\C/C=C\CCCCCCCCCC(=O)OC(COCCCCCCCCCCCCCCCCCCCCC)COP(=O)([O-])OCC[N+](C)(C)C. The molecule has 64 heavy (non-hydrogen) atoms. The van der Waals surface area contributed by atoms with Crippen molar-refractivity contribution < 1.29 is 37.3 Å². The van der Waals surface area contributed by atoms with Crippen molar-refractivity contribution in [2.75, 3.05) is 54.1 Å². The standard InChI is InChI=1S/C55H102NO7P/c1-6-8-10-12-14-16-18-20-22-24-26-27-28-29-30-32-34-36-38-40-42-44-46-48-55(57)63-54(53-62-64(58,59)61-51-49-56(3,4)5)52-60-50-47-45-43-41-39-37-35-33-31-25-23-21-19-17-15-13-11-9-7-2/h8,10,14,16,20,22,26-27,29-30,54H,6-7,9,11-13,15,17-19,21,23-25,28,31-53H2,1-5H3/b10-8-,16-14-,22-20-,27-26-,30-29-. The maximum absolute atomic E-state index is 12.8. The molecule has 0 N–H and O–H groups in total. The summed E-state index contributed by atoms with van der Waals surface area (Å²) >= 11 is 0. The summed E-state index contributed by atoms with van der Waals surface area (Å²) in [5.74, 6) is -0.343. The van der Waals surface area contributed by atoms with Crippen LogP contribution >= 0.6 is 7.82 Å². The highest BCUT2D eigenvalue weighted by molar-refractivity contribution is 7.45. The molecule has 0 spiro atoms. The third-order valence-electron chi connectivity index (χ3n) is 11.3. The molecule has 0 aromatic carbocycles. The van der Waals surface area contributed by atoms with Gasteiger partial charge < -0.3 is 27.9 Å². The number of phosphoric acid groups is 1. The predicted molar refractivity (Wildman–Crippen MR) is 273 cm³/mol. The van der Waals surface area contributed by atoms with Crippen molar-refractivity contribution in [2.24, 2.45) is 0 Å². The van der Waals surface area contributed by atoms with Gasteiger partial charge in [0.2, 0.25) is 0 Å². The third kappa shape index (κ3) is 51.2. The Hall–Kier alpha value is -1.80. The first kappa shape index (κ1) is 62.2. The fraction of sp³-hybridized carbons (Fsp3) is 0.800. The Morgan fingerprint density at radius 1 is 0.500 bits per heavy atom. The fourth-order valence-electron chi connectivity index (χ4n) is 7.28. The number of quaternary nitrogens is 1. The van der Waals surface area contributed by atoms with Crippen molar-refractivity contribution in [1.29, 1.82) is 0 Å². The van der Waals surface area contributed by atoms with E-state index in [1.54, 1.807) is 0 Å². The van der Waals surface area contributed by atoms with Crippen LogP contribution in [0.2, 0.25) is 0 Å². The van der Waals surface area contributed by atoms with Gasteiger partial charge in [-0.05, 0) is 57.8 Å². The van der Waals surface area contributed by atoms with Gasteiger partial charge in [-0.2, -0.15) is 0 Å². The lowest BCUT2D eigenvalue weighted by molar-refractivity contribution is -0.870. The van der Waals surface area contributed by atoms with Gasteiger partial charge in [-0.3, -0.25) is 9.36 Å². The Labute approximate surface area is 396 Å². The lowest BCUT2D eigenvalue weighted by Gasteiger charge is -2.28. The molecule has 0 saturated heterocycles. The molecule has 0 aliphatic heterocycles. The van der Waals surface area contributed by atoms with Crippen molar-refractivity contribution in [3.05, 3.63) is 60.8 Å². The van der Waals surface area contributed by atoms with Gasteiger partial charge in [0, 0.05) is 13.0 Å². The molecule has 0 aliphatic carbocycles. The van der Waals surface area contributed by atoms with Crippen molar-refractivity contribution in [3.8, 4) is 0 Å². The molecule has 0 aromatic rings. The van der Waals surface area contributed by atoms with Gasteiger partial charge in [0.25, 0.3) is 7.82 Å². The van der Waals surface area contributed by atoms with E-state index in [2.05, 4.69) is 74.6 Å². The highest BCUT2D eigenvalue weighted by Crippen LogP contribution is 2.38. The zero-order valence-corrected chi connectivity index (χ0v) is 43.4. The van der Waals surface area contributed by atoms with E-state index >= 15 is 0 Å². The first-order valence-electron chi connectivity index (χ1n) is 26.5. The molecular weight excluding hydrogens is 818 g/mol. The van der Waals surface area contributed by atoms with Gasteiger partial charge in [-0.15, -0.1) is 0 Å². The van der Waals surface area contributed by atoms with Crippen LogP contribution in [0.5, 0.6) is 0 Å². The van der Waals surface area contributed by atoms with E-state index in [0.717, 1.165) is 77.0 Å². The number of unbranched alkanes of at least 4 members (excludes halogenated alkanes) is 25. The van der Waals surface area contributed by atoms with Crippen LogP contribution in [-0.4, -0.2) is 70.7 Å². The fourth-order valence-corrected chi connectivity index (χ4v) is 8.01. The summed E-state index contributed by atoms with van der Waals surface area (Å²) in [5.41, 5.74) is 0. The first-order valence-corrected chi connectivity index (χ1v) is 28.0. The molecule has 0 saturated carbocycles. The summed E-state index contributed by atoms with van der Waals surface area (Å²) in [4.78, 5) is 25.2. The second-order valence-electron chi connectivity index (χ2n) is 18.9. The van der Waals surface area contributed by atoms with Gasteiger partial charge in [-0.25, -0.2) is 0 Å². The number of carbonyl (C=O) groups is 1. The Morgan fingerprint density at radius 3 is 1.36 bits per heavy atom. The lowest BCUT2D eigenvalue weighted by Crippen LogP contribution is -2.37. The summed E-state index contributed by atoms with van der Waals surface area (Å²) in [6.07, 6.45) is 61.0. The zero-order chi connectivity index (χ0) is 46.9. The number of rotatable bonds is 49. The summed E-state index contributed by atoms with van der Waals surface area (Å²) in [5, 5.41) is 0. The molecule has 2 unspecified atom stereocenters. The Kier molecular flexibility index (Phi) is 46.3. The van der Waals surface area contributed by atoms with Crippen LogP contribution in [0.15, 0.2) is 60.8 Å². The van der Waals surface area contributed by atoms with Crippen LogP contribution in [0, 0.1) is 0 Å². The van der Waals surface area contributed by atoms with Crippen LogP contribution < -0.4 is 4.89 Å². The van der Waals surface area contributed by atoms with E-state index in [1.165, 1.54) is 128 Å². The maximum atomic E-state index is 12.8. The number of ether oxygens (including phenoxy) is 2. The molecule has 0 radical (unpaired) electrons. The zero-order valence-electron chi connectivity index (χ0n) is 42.5. The van der Waals surface area contributed by atoms with Gasteiger partial charge in [0.1, 0.15) is 19.3 Å². The van der Waals surface area contributed by atoms with Crippen molar-refractivity contribution >= 4 is 13.8 Å². The van der Waals surface area contributed by atoms with Crippen LogP contribution in [-0.2, 0) is 27.9 Å². The molecule has 9 heteroatoms. The normalized spacial score (nSPS) is 14.0. The van der Waals surface area contributed by atoms with E-state index in [0.29, 0.717) is 24.1 Å². The first-order chi connectivity index (χ1) is 31.1. The molecule has 0 bridgehead atoms. The summed E-state index contributed by atoms with van der Waals surface area (Å²) in [6.45, 7) is 5.32. The second kappa shape index (κ2) is 47.7. The minimum absolute atomic E-state index is 0.0228. The molecule has 0 rings (SSSR count). The van der Waals surface area contributed by atoms with Crippen molar-refractivity contribution in [1.82, 2.24) is 0 Å². The lowest BCUT2D eigenvalue weighted by atomic mass is 10.0. The number of hydrogen-bond acceptors (Lipinski definition) is 7. The van der Waals surface area contributed by atoms with E-state index < -0.39 is 13.9 Å². The predicted octanol–water partition coefficient (Wildman–Crippen LogP) is 15.8. The molecular formula is C55H102NO7P. The van der Waals surface area contributed by atoms with Crippen LogP contribution in [0.4, 0.5) is 0 Å². The van der Waals surface area contributed by atoms with Gasteiger partial charge >= 0.3 is 5.97 Å². The van der Waals surface area contributed by atoms with E-state index in [9.17, 15) is 14.3 Å². The Morgan fingerprint density at radius 2 is 0.906 bits per heavy atom. The van der Waals surface area contributed by atoms with Gasteiger partial charge in [0.15, 0.2) is 0 Å². The van der Waals surface area contributed by atoms with Crippen LogP contribution in [0.1, 0.15) is 226 Å². The molecule has 2 atom stereocenters. The number of likely N-dealkylation sites (N-methyl/N-ethyl adjacent to an activating group) is 1. The molecule has 0 heterocycles. The van der Waals surface area contributed by atoms with E-state index in [-0.39, 0.29) is 25.8 Å². The highest BCUT2D eigenvalue weighted by atomic mass is 31.2. The Balaban J connectivity index is 4.15. The largest absolute Gasteiger partial charge is 0.756 e. The number of phosphoric ester groups is 1. The number of nitrogens with zero attached hydrogens (tertiary/aromatic N) is 1.